The molecule has 3 rings (SSSR count). The number of nitrogens with zero attached hydrogens (tertiary/aromatic N) is 2. The number of aromatic nitrogens is 3. The molecule has 140 valence electrons. The highest BCUT2D eigenvalue weighted by Gasteiger charge is 2.18. The van der Waals surface area contributed by atoms with E-state index in [-0.39, 0.29) is 11.1 Å². The van der Waals surface area contributed by atoms with Crippen LogP contribution in [0.15, 0.2) is 52.4 Å². The molecule has 2 N–H and O–H groups in total. The van der Waals surface area contributed by atoms with Gasteiger partial charge in [-0.15, -0.1) is 0 Å². The molecule has 9 heteroatoms. The molecule has 1 amide bonds. The first-order valence-corrected chi connectivity index (χ1v) is 9.24. The average Bonchev–Trinajstić information content (AvgIpc) is 2.60. The molecule has 1 aromatic carbocycles. The highest BCUT2D eigenvalue weighted by molar-refractivity contribution is 7.83. The third-order valence-corrected chi connectivity index (χ3v) is 4.44. The van der Waals surface area contributed by atoms with Crippen molar-refractivity contribution in [1.82, 2.24) is 19.7 Å². The van der Waals surface area contributed by atoms with E-state index >= 15 is 0 Å². The van der Waals surface area contributed by atoms with E-state index in [4.69, 9.17) is 4.74 Å². The summed E-state index contributed by atoms with van der Waals surface area (Å²) in [5.41, 5.74) is 0.844. The number of hydrogen-bond donors (Lipinski definition) is 2. The van der Waals surface area contributed by atoms with Crippen molar-refractivity contribution < 1.29 is 13.7 Å². The van der Waals surface area contributed by atoms with E-state index in [1.165, 1.54) is 6.33 Å². The number of hydrogen-bond acceptors (Lipinski definition) is 6. The normalized spacial score (nSPS) is 12.6. The molecule has 8 nitrogen and oxygen atoms in total. The van der Waals surface area contributed by atoms with Crippen LogP contribution in [0.1, 0.15) is 20.8 Å². The summed E-state index contributed by atoms with van der Waals surface area (Å²) in [6, 6.07) is 10.1. The van der Waals surface area contributed by atoms with Gasteiger partial charge < -0.3 is 9.72 Å². The molecule has 1 unspecified atom stereocenters. The molecule has 0 spiro atoms. The van der Waals surface area contributed by atoms with Crippen molar-refractivity contribution in [2.45, 2.75) is 31.3 Å². The molecule has 0 bridgehead atoms. The van der Waals surface area contributed by atoms with Crippen LogP contribution in [-0.2, 0) is 15.7 Å². The summed E-state index contributed by atoms with van der Waals surface area (Å²) in [4.78, 5) is 35.0. The van der Waals surface area contributed by atoms with Gasteiger partial charge in [0.15, 0.2) is 16.5 Å². The smallest absolute Gasteiger partial charge is 0.419 e. The lowest BCUT2D eigenvalue weighted by Gasteiger charge is -2.19. The fourth-order valence-corrected chi connectivity index (χ4v) is 3.06. The predicted molar refractivity (Wildman–Crippen MR) is 101 cm³/mol. The SMILES string of the molecule is CC(C)(C)OC(=O)NS(=O)c1cccc(-c2ccc3nc[nH]c(=O)c3n2)c1. The molecule has 3 aromatic rings. The number of fused-ring (bicyclic) bond motifs is 1. The number of carbonyl (C=O) groups excluding carboxylic acids is 1. The van der Waals surface area contributed by atoms with Crippen LogP contribution in [0, 0.1) is 0 Å². The average molecular weight is 386 g/mol. The number of carbonyl (C=O) groups is 1. The molecule has 0 saturated carbocycles. The standard InChI is InChI=1S/C18H18N4O4S/c1-18(2,3)26-17(24)22-27(25)12-6-4-5-11(9-12)13-7-8-14-15(21-13)16(23)20-10-19-14/h4-10H,1-3H3,(H,22,24)(H,19,20,23). The zero-order valence-electron chi connectivity index (χ0n) is 15.0. The quantitative estimate of drug-likeness (QED) is 0.715. The molecule has 0 aliphatic heterocycles. The van der Waals surface area contributed by atoms with E-state index in [0.717, 1.165) is 0 Å². The Morgan fingerprint density at radius 1 is 1.22 bits per heavy atom. The third kappa shape index (κ3) is 4.56. The highest BCUT2D eigenvalue weighted by atomic mass is 32.2. The van der Waals surface area contributed by atoms with Gasteiger partial charge in [0, 0.05) is 5.56 Å². The minimum absolute atomic E-state index is 0.216. The Morgan fingerprint density at radius 2 is 2.00 bits per heavy atom. The number of aromatic amines is 1. The van der Waals surface area contributed by atoms with Gasteiger partial charge in [-0.3, -0.25) is 4.79 Å². The zero-order valence-corrected chi connectivity index (χ0v) is 15.8. The van der Waals surface area contributed by atoms with Crippen molar-refractivity contribution in [3.63, 3.8) is 0 Å². The molecule has 0 aliphatic rings. The lowest BCUT2D eigenvalue weighted by molar-refractivity contribution is 0.0572. The molecular formula is C18H18N4O4S. The van der Waals surface area contributed by atoms with E-state index in [2.05, 4.69) is 19.7 Å². The van der Waals surface area contributed by atoms with Crippen molar-refractivity contribution in [3.8, 4) is 11.3 Å². The van der Waals surface area contributed by atoms with Crippen molar-refractivity contribution in [3.05, 3.63) is 53.1 Å². The van der Waals surface area contributed by atoms with Gasteiger partial charge in [-0.2, -0.15) is 0 Å². The summed E-state index contributed by atoms with van der Waals surface area (Å²) in [6.45, 7) is 5.16. The van der Waals surface area contributed by atoms with Gasteiger partial charge in [0.1, 0.15) is 5.60 Å². The number of H-pyrrole nitrogens is 1. The molecule has 1 atom stereocenters. The highest BCUT2D eigenvalue weighted by Crippen LogP contribution is 2.21. The molecule has 2 heterocycles. The molecule has 0 radical (unpaired) electrons. The molecule has 0 fully saturated rings. The van der Waals surface area contributed by atoms with Crippen LogP contribution < -0.4 is 10.3 Å². The largest absolute Gasteiger partial charge is 0.443 e. The third-order valence-electron chi connectivity index (χ3n) is 3.41. The number of amides is 1. The lowest BCUT2D eigenvalue weighted by atomic mass is 10.1. The summed E-state index contributed by atoms with van der Waals surface area (Å²) in [5, 5.41) is 0. The van der Waals surface area contributed by atoms with Gasteiger partial charge >= 0.3 is 6.09 Å². The first-order chi connectivity index (χ1) is 12.7. The van der Waals surface area contributed by atoms with Gasteiger partial charge in [-0.1, -0.05) is 12.1 Å². The van der Waals surface area contributed by atoms with E-state index < -0.39 is 22.7 Å². The maximum atomic E-state index is 12.4. The summed E-state index contributed by atoms with van der Waals surface area (Å²) in [6.07, 6.45) is 0.547. The summed E-state index contributed by atoms with van der Waals surface area (Å²) in [7, 11) is -1.80. The van der Waals surface area contributed by atoms with Crippen molar-refractivity contribution >= 4 is 28.1 Å². The Labute approximate surface area is 157 Å². The topological polar surface area (TPSA) is 114 Å². The molecular weight excluding hydrogens is 368 g/mol. The maximum Gasteiger partial charge on any atom is 0.419 e. The van der Waals surface area contributed by atoms with Crippen LogP contribution >= 0.6 is 0 Å². The summed E-state index contributed by atoms with van der Waals surface area (Å²) < 4.78 is 19.8. The van der Waals surface area contributed by atoms with Crippen molar-refractivity contribution in [2.24, 2.45) is 0 Å². The molecule has 27 heavy (non-hydrogen) atoms. The van der Waals surface area contributed by atoms with Gasteiger partial charge in [0.2, 0.25) is 0 Å². The monoisotopic (exact) mass is 386 g/mol. The van der Waals surface area contributed by atoms with Gasteiger partial charge in [0.05, 0.1) is 22.4 Å². The van der Waals surface area contributed by atoms with Gasteiger partial charge in [0.25, 0.3) is 5.56 Å². The van der Waals surface area contributed by atoms with Gasteiger partial charge in [-0.05, 0) is 45.0 Å². The Balaban J connectivity index is 1.87. The second-order valence-corrected chi connectivity index (χ2v) is 7.91. The van der Waals surface area contributed by atoms with Crippen LogP contribution in [-0.4, -0.2) is 30.9 Å². The maximum absolute atomic E-state index is 12.4. The summed E-state index contributed by atoms with van der Waals surface area (Å²) >= 11 is 0. The zero-order chi connectivity index (χ0) is 19.6. The minimum atomic E-state index is -1.80. The Morgan fingerprint density at radius 3 is 2.74 bits per heavy atom. The van der Waals surface area contributed by atoms with Crippen molar-refractivity contribution in [1.29, 1.82) is 0 Å². The molecule has 0 aliphatic carbocycles. The van der Waals surface area contributed by atoms with Crippen LogP contribution in [0.5, 0.6) is 0 Å². The summed E-state index contributed by atoms with van der Waals surface area (Å²) in [5.74, 6) is 0. The minimum Gasteiger partial charge on any atom is -0.443 e. The van der Waals surface area contributed by atoms with Crippen LogP contribution in [0.3, 0.4) is 0 Å². The number of nitrogens with one attached hydrogen (secondary N) is 2. The van der Waals surface area contributed by atoms with Crippen LogP contribution in [0.25, 0.3) is 22.3 Å². The van der Waals surface area contributed by atoms with Gasteiger partial charge in [-0.25, -0.2) is 23.7 Å². The number of rotatable bonds is 3. The number of benzene rings is 1. The molecule has 2 aromatic heterocycles. The first-order valence-electron chi connectivity index (χ1n) is 8.09. The Hall–Kier alpha value is -3.07. The van der Waals surface area contributed by atoms with Crippen LogP contribution in [0.2, 0.25) is 0 Å². The molecule has 0 saturated heterocycles. The van der Waals surface area contributed by atoms with Crippen LogP contribution in [0.4, 0.5) is 4.79 Å². The first kappa shape index (κ1) is 18.7. The predicted octanol–water partition coefficient (Wildman–Crippen LogP) is 2.53. The Bertz CT molecular complexity index is 1090. The lowest BCUT2D eigenvalue weighted by Crippen LogP contribution is -2.33. The van der Waals surface area contributed by atoms with E-state index in [1.54, 1.807) is 57.2 Å². The fourth-order valence-electron chi connectivity index (χ4n) is 2.32. The second kappa shape index (κ2) is 7.28. The fraction of sp³-hybridized carbons (Fsp3) is 0.222. The second-order valence-electron chi connectivity index (χ2n) is 6.70. The van der Waals surface area contributed by atoms with E-state index in [0.29, 0.717) is 21.7 Å². The van der Waals surface area contributed by atoms with E-state index in [1.807, 2.05) is 0 Å². The number of ether oxygens (including phenoxy) is 1. The van der Waals surface area contributed by atoms with Crippen molar-refractivity contribution in [2.75, 3.05) is 0 Å². The Kier molecular flexibility index (Phi) is 5.04. The van der Waals surface area contributed by atoms with E-state index in [9.17, 15) is 13.8 Å². The number of pyridine rings is 1.